The van der Waals surface area contributed by atoms with Crippen LogP contribution in [0, 0.1) is 0 Å². The van der Waals surface area contributed by atoms with Crippen molar-refractivity contribution in [3.05, 3.63) is 30.1 Å². The molecule has 0 N–H and O–H groups in total. The van der Waals surface area contributed by atoms with Crippen LogP contribution in [-0.2, 0) is 13.6 Å². The molecule has 1 saturated heterocycles. The molecule has 0 spiro atoms. The fourth-order valence-electron chi connectivity index (χ4n) is 3.06. The van der Waals surface area contributed by atoms with Crippen molar-refractivity contribution in [2.45, 2.75) is 45.3 Å². The first-order valence-corrected chi connectivity index (χ1v) is 7.27. The third-order valence-corrected chi connectivity index (χ3v) is 4.04. The molecule has 1 fully saturated rings. The Morgan fingerprint density at radius 3 is 2.90 bits per heavy atom. The minimum atomic E-state index is 0.352. The number of hydrogen-bond donors (Lipinski definition) is 0. The van der Waals surface area contributed by atoms with E-state index >= 15 is 0 Å². The van der Waals surface area contributed by atoms with Crippen molar-refractivity contribution in [2.24, 2.45) is 7.05 Å². The molecule has 3 rings (SSSR count). The lowest BCUT2D eigenvalue weighted by atomic mass is 10.1. The van der Waals surface area contributed by atoms with Gasteiger partial charge in [-0.15, -0.1) is 0 Å². The van der Waals surface area contributed by atoms with Crippen LogP contribution >= 0.6 is 0 Å². The number of aromatic nitrogens is 5. The van der Waals surface area contributed by atoms with Gasteiger partial charge in [-0.2, -0.15) is 10.2 Å². The molecule has 0 radical (unpaired) electrons. The van der Waals surface area contributed by atoms with Crippen LogP contribution in [0.1, 0.15) is 50.3 Å². The van der Waals surface area contributed by atoms with E-state index in [9.17, 15) is 0 Å². The molecule has 0 aliphatic carbocycles. The Morgan fingerprint density at radius 1 is 1.35 bits per heavy atom. The third kappa shape index (κ3) is 2.35. The quantitative estimate of drug-likeness (QED) is 0.855. The van der Waals surface area contributed by atoms with Gasteiger partial charge >= 0.3 is 0 Å². The second-order valence-corrected chi connectivity index (χ2v) is 5.72. The molecule has 6 heteroatoms. The Hall–Kier alpha value is -1.69. The molecule has 20 heavy (non-hydrogen) atoms. The average Bonchev–Trinajstić information content (AvgIpc) is 3.10. The van der Waals surface area contributed by atoms with Gasteiger partial charge in [-0.05, 0) is 39.3 Å². The second-order valence-electron chi connectivity index (χ2n) is 5.72. The lowest BCUT2D eigenvalue weighted by Crippen LogP contribution is -2.26. The van der Waals surface area contributed by atoms with Crippen molar-refractivity contribution in [3.8, 4) is 0 Å². The van der Waals surface area contributed by atoms with Gasteiger partial charge in [0.25, 0.3) is 0 Å². The maximum Gasteiger partial charge on any atom is 0.141 e. The molecular weight excluding hydrogens is 252 g/mol. The van der Waals surface area contributed by atoms with E-state index in [1.165, 1.54) is 18.5 Å². The molecule has 0 bridgehead atoms. The maximum atomic E-state index is 4.43. The summed E-state index contributed by atoms with van der Waals surface area (Å²) in [6.07, 6.45) is 5.95. The summed E-state index contributed by atoms with van der Waals surface area (Å²) >= 11 is 0. The summed E-state index contributed by atoms with van der Waals surface area (Å²) in [4.78, 5) is 6.91. The largest absolute Gasteiger partial charge is 0.287 e. The molecule has 6 nitrogen and oxygen atoms in total. The monoisotopic (exact) mass is 274 g/mol. The summed E-state index contributed by atoms with van der Waals surface area (Å²) in [5.74, 6) is 1.05. The highest BCUT2D eigenvalue weighted by Gasteiger charge is 2.29. The molecule has 1 atom stereocenters. The summed E-state index contributed by atoms with van der Waals surface area (Å²) in [5, 5.41) is 8.62. The van der Waals surface area contributed by atoms with E-state index in [1.807, 2.05) is 22.6 Å². The Morgan fingerprint density at radius 2 is 2.20 bits per heavy atom. The Balaban J connectivity index is 1.80. The lowest BCUT2D eigenvalue weighted by molar-refractivity contribution is 0.227. The van der Waals surface area contributed by atoms with Gasteiger partial charge in [-0.1, -0.05) is 0 Å². The minimum Gasteiger partial charge on any atom is -0.287 e. The molecule has 0 aromatic carbocycles. The smallest absolute Gasteiger partial charge is 0.141 e. The normalized spacial score (nSPS) is 20.1. The van der Waals surface area contributed by atoms with Gasteiger partial charge < -0.3 is 0 Å². The van der Waals surface area contributed by atoms with Crippen molar-refractivity contribution in [1.29, 1.82) is 0 Å². The SMILES string of the molecule is CC(C)n1ncnc1CN1CCCC1c1ccnn1C. The van der Waals surface area contributed by atoms with Gasteiger partial charge in [-0.25, -0.2) is 9.67 Å². The first kappa shape index (κ1) is 13.3. The van der Waals surface area contributed by atoms with E-state index in [-0.39, 0.29) is 0 Å². The van der Waals surface area contributed by atoms with Gasteiger partial charge in [0.1, 0.15) is 12.2 Å². The molecule has 1 aliphatic heterocycles. The molecule has 1 aliphatic rings. The van der Waals surface area contributed by atoms with E-state index in [2.05, 4.69) is 40.0 Å². The van der Waals surface area contributed by atoms with E-state index in [0.717, 1.165) is 18.9 Å². The molecule has 108 valence electrons. The van der Waals surface area contributed by atoms with Crippen LogP contribution in [0.2, 0.25) is 0 Å². The number of likely N-dealkylation sites (tertiary alicyclic amines) is 1. The van der Waals surface area contributed by atoms with Gasteiger partial charge in [0.15, 0.2) is 0 Å². The Kier molecular flexibility index (Phi) is 3.56. The second kappa shape index (κ2) is 5.36. The number of aryl methyl sites for hydroxylation is 1. The first-order chi connectivity index (χ1) is 9.66. The average molecular weight is 274 g/mol. The van der Waals surface area contributed by atoms with E-state index in [1.54, 1.807) is 6.33 Å². The number of rotatable bonds is 4. The standard InChI is InChI=1S/C14H22N6/c1-11(2)20-14(15-10-17-20)9-19-8-4-5-13(19)12-6-7-16-18(12)3/h6-7,10-11,13H,4-5,8-9H2,1-3H3. The van der Waals surface area contributed by atoms with Crippen LogP contribution in [-0.4, -0.2) is 36.0 Å². The summed E-state index contributed by atoms with van der Waals surface area (Å²) in [6, 6.07) is 2.92. The predicted octanol–water partition coefficient (Wildman–Crippen LogP) is 1.93. The topological polar surface area (TPSA) is 51.8 Å². The van der Waals surface area contributed by atoms with Crippen molar-refractivity contribution in [2.75, 3.05) is 6.54 Å². The molecule has 3 heterocycles. The van der Waals surface area contributed by atoms with Gasteiger partial charge in [0.05, 0.1) is 18.3 Å². The zero-order chi connectivity index (χ0) is 14.1. The highest BCUT2D eigenvalue weighted by atomic mass is 15.4. The molecule has 0 saturated carbocycles. The summed E-state index contributed by atoms with van der Waals surface area (Å²) in [7, 11) is 2.02. The van der Waals surface area contributed by atoms with E-state index in [4.69, 9.17) is 0 Å². The predicted molar refractivity (Wildman–Crippen MR) is 76.0 cm³/mol. The van der Waals surface area contributed by atoms with Crippen LogP contribution in [0.5, 0.6) is 0 Å². The number of hydrogen-bond acceptors (Lipinski definition) is 4. The van der Waals surface area contributed by atoms with E-state index in [0.29, 0.717) is 12.1 Å². The van der Waals surface area contributed by atoms with Crippen LogP contribution in [0.4, 0.5) is 0 Å². The van der Waals surface area contributed by atoms with Crippen molar-refractivity contribution < 1.29 is 0 Å². The fraction of sp³-hybridized carbons (Fsp3) is 0.643. The molecule has 2 aromatic rings. The first-order valence-electron chi connectivity index (χ1n) is 7.27. The molecule has 1 unspecified atom stereocenters. The summed E-state index contributed by atoms with van der Waals surface area (Å²) in [5.41, 5.74) is 1.29. The van der Waals surface area contributed by atoms with Crippen LogP contribution < -0.4 is 0 Å². The number of nitrogens with zero attached hydrogens (tertiary/aromatic N) is 6. The van der Waals surface area contributed by atoms with Crippen LogP contribution in [0.3, 0.4) is 0 Å². The van der Waals surface area contributed by atoms with Crippen LogP contribution in [0.25, 0.3) is 0 Å². The van der Waals surface area contributed by atoms with Gasteiger partial charge in [0.2, 0.25) is 0 Å². The van der Waals surface area contributed by atoms with Crippen molar-refractivity contribution in [1.82, 2.24) is 29.4 Å². The molecule has 0 amide bonds. The minimum absolute atomic E-state index is 0.352. The molecular formula is C14H22N6. The van der Waals surface area contributed by atoms with E-state index < -0.39 is 0 Å². The van der Waals surface area contributed by atoms with Gasteiger partial charge in [-0.3, -0.25) is 9.58 Å². The maximum absolute atomic E-state index is 4.43. The lowest BCUT2D eigenvalue weighted by Gasteiger charge is -2.24. The zero-order valence-electron chi connectivity index (χ0n) is 12.4. The highest BCUT2D eigenvalue weighted by Crippen LogP contribution is 2.32. The summed E-state index contributed by atoms with van der Waals surface area (Å²) in [6.45, 7) is 6.25. The van der Waals surface area contributed by atoms with Crippen molar-refractivity contribution in [3.63, 3.8) is 0 Å². The van der Waals surface area contributed by atoms with Gasteiger partial charge in [0, 0.05) is 19.3 Å². The highest BCUT2D eigenvalue weighted by molar-refractivity contribution is 5.09. The van der Waals surface area contributed by atoms with Crippen molar-refractivity contribution >= 4 is 0 Å². The third-order valence-electron chi connectivity index (χ3n) is 4.04. The Bertz CT molecular complexity index is 570. The zero-order valence-corrected chi connectivity index (χ0v) is 12.4. The summed E-state index contributed by atoms with van der Waals surface area (Å²) < 4.78 is 3.99. The fourth-order valence-corrected chi connectivity index (χ4v) is 3.06. The van der Waals surface area contributed by atoms with Crippen LogP contribution in [0.15, 0.2) is 18.6 Å². The molecule has 2 aromatic heterocycles. The Labute approximate surface area is 119 Å².